The molecule has 0 atom stereocenters. The van der Waals surface area contributed by atoms with Gasteiger partial charge in [0.15, 0.2) is 0 Å². The number of anilines is 3. The summed E-state index contributed by atoms with van der Waals surface area (Å²) in [4.78, 5) is 28.9. The summed E-state index contributed by atoms with van der Waals surface area (Å²) in [6.07, 6.45) is 6.62. The van der Waals surface area contributed by atoms with Crippen LogP contribution in [0, 0.1) is 17.2 Å². The van der Waals surface area contributed by atoms with E-state index in [1.807, 2.05) is 41.9 Å². The first kappa shape index (κ1) is 26.5. The lowest BCUT2D eigenvalue weighted by molar-refractivity contribution is -0.119. The predicted molar refractivity (Wildman–Crippen MR) is 157 cm³/mol. The van der Waals surface area contributed by atoms with Gasteiger partial charge < -0.3 is 25.7 Å². The number of nitriles is 1. The number of methoxy groups -OCH3 is 1. The van der Waals surface area contributed by atoms with Crippen molar-refractivity contribution in [3.63, 3.8) is 0 Å². The second-order valence-electron chi connectivity index (χ2n) is 9.83. The molecule has 0 aliphatic heterocycles. The van der Waals surface area contributed by atoms with Crippen LogP contribution >= 0.6 is 0 Å². The Hall–Kier alpha value is -5.10. The highest BCUT2D eigenvalue weighted by Gasteiger charge is 2.26. The zero-order valence-electron chi connectivity index (χ0n) is 22.5. The highest BCUT2D eigenvalue weighted by atomic mass is 16.5. The average Bonchev–Trinajstić information content (AvgIpc) is 3.62. The van der Waals surface area contributed by atoms with E-state index >= 15 is 0 Å². The number of hydrogen-bond acceptors (Lipinski definition) is 6. The van der Waals surface area contributed by atoms with Crippen molar-refractivity contribution in [3.05, 3.63) is 66.9 Å². The number of nitrogens with one attached hydrogen (secondary N) is 2. The van der Waals surface area contributed by atoms with Crippen LogP contribution in [0.1, 0.15) is 31.2 Å². The minimum atomic E-state index is -0.303. The Bertz CT molecular complexity index is 1670. The van der Waals surface area contributed by atoms with Crippen LogP contribution in [0.15, 0.2) is 61.3 Å². The van der Waals surface area contributed by atoms with E-state index in [0.29, 0.717) is 39.4 Å². The number of hydrogen-bond donors (Lipinski definition) is 3. The maximum atomic E-state index is 12.8. The van der Waals surface area contributed by atoms with Crippen LogP contribution in [-0.4, -0.2) is 28.5 Å². The van der Waals surface area contributed by atoms with E-state index in [0.717, 1.165) is 48.1 Å². The number of amides is 2. The minimum Gasteiger partial charge on any atom is -0.495 e. The van der Waals surface area contributed by atoms with Gasteiger partial charge in [0, 0.05) is 30.4 Å². The summed E-state index contributed by atoms with van der Waals surface area (Å²) in [6.45, 7) is 3.49. The Kier molecular flexibility index (Phi) is 7.25. The number of aryl methyl sites for hydroxylation is 1. The van der Waals surface area contributed by atoms with Crippen LogP contribution in [0.5, 0.6) is 5.75 Å². The molecule has 2 heterocycles. The molecular weight excluding hydrogens is 504 g/mol. The first-order valence-electron chi connectivity index (χ1n) is 13.1. The smallest absolute Gasteiger partial charge is 0.247 e. The fourth-order valence-electron chi connectivity index (χ4n) is 5.49. The Morgan fingerprint density at radius 2 is 1.85 bits per heavy atom. The highest BCUT2D eigenvalue weighted by molar-refractivity contribution is 6.11. The van der Waals surface area contributed by atoms with Crippen molar-refractivity contribution < 1.29 is 14.3 Å². The highest BCUT2D eigenvalue weighted by Crippen LogP contribution is 2.45. The molecule has 1 aliphatic rings. The second kappa shape index (κ2) is 10.9. The van der Waals surface area contributed by atoms with Gasteiger partial charge in [0.05, 0.1) is 35.0 Å². The lowest BCUT2D eigenvalue weighted by Crippen LogP contribution is -2.20. The summed E-state index contributed by atoms with van der Waals surface area (Å²) in [6, 6.07) is 15.2. The van der Waals surface area contributed by atoms with Gasteiger partial charge in [-0.05, 0) is 54.3 Å². The number of nitrogens with zero attached hydrogens (tertiary/aromatic N) is 3. The maximum Gasteiger partial charge on any atom is 0.247 e. The summed E-state index contributed by atoms with van der Waals surface area (Å²) < 4.78 is 7.64. The SMILES string of the molecule is C=CC(=O)Nc1ccc(-c2c(-c3ccc(NC(=O)C4CCCC4)c(OC)c3)c3c(N)ncc(C#N)c3n2C)cc1. The molecule has 0 saturated heterocycles. The molecule has 202 valence electrons. The van der Waals surface area contributed by atoms with E-state index in [9.17, 15) is 14.9 Å². The maximum absolute atomic E-state index is 12.8. The summed E-state index contributed by atoms with van der Waals surface area (Å²) in [7, 11) is 3.44. The summed E-state index contributed by atoms with van der Waals surface area (Å²) in [5.74, 6) is 0.520. The third kappa shape index (κ3) is 4.76. The average molecular weight is 535 g/mol. The standard InChI is InChI=1S/C31H30N6O3/c1-4-25(38)35-22-12-9-18(10-13-22)28-26(27-29(37(28)2)21(16-32)17-34-30(27)33)20-11-14-23(24(15-20)40-3)36-31(39)19-7-5-6-8-19/h4,9-15,17,19H,1,5-8H2,2-3H3,(H2,33,34)(H,35,38)(H,36,39). The number of carbonyl (C=O) groups is 2. The predicted octanol–water partition coefficient (Wildman–Crippen LogP) is 5.62. The third-order valence-corrected chi connectivity index (χ3v) is 7.44. The number of carbonyl (C=O) groups excluding carboxylic acids is 2. The molecule has 2 aromatic heterocycles. The molecule has 1 fully saturated rings. The molecule has 4 N–H and O–H groups in total. The van der Waals surface area contributed by atoms with E-state index in [1.165, 1.54) is 12.3 Å². The Morgan fingerprint density at radius 1 is 1.15 bits per heavy atom. The summed E-state index contributed by atoms with van der Waals surface area (Å²) >= 11 is 0. The molecule has 0 bridgehead atoms. The Balaban J connectivity index is 1.67. The van der Waals surface area contributed by atoms with Gasteiger partial charge in [0.1, 0.15) is 17.6 Å². The van der Waals surface area contributed by atoms with Crippen molar-refractivity contribution in [2.24, 2.45) is 13.0 Å². The van der Waals surface area contributed by atoms with Crippen LogP contribution in [0.4, 0.5) is 17.2 Å². The van der Waals surface area contributed by atoms with Gasteiger partial charge in [-0.1, -0.05) is 37.6 Å². The van der Waals surface area contributed by atoms with E-state index in [1.54, 1.807) is 19.2 Å². The van der Waals surface area contributed by atoms with Crippen molar-refractivity contribution >= 4 is 39.9 Å². The third-order valence-electron chi connectivity index (χ3n) is 7.44. The van der Waals surface area contributed by atoms with E-state index in [2.05, 4.69) is 28.3 Å². The van der Waals surface area contributed by atoms with Crippen LogP contribution in [0.3, 0.4) is 0 Å². The molecule has 2 aromatic carbocycles. The molecule has 5 rings (SSSR count). The number of aromatic nitrogens is 2. The van der Waals surface area contributed by atoms with Gasteiger partial charge >= 0.3 is 0 Å². The number of nitrogen functional groups attached to an aromatic ring is 1. The van der Waals surface area contributed by atoms with Crippen molar-refractivity contribution in [1.82, 2.24) is 9.55 Å². The van der Waals surface area contributed by atoms with Crippen molar-refractivity contribution in [3.8, 4) is 34.2 Å². The Labute approximate surface area is 232 Å². The van der Waals surface area contributed by atoms with Crippen molar-refractivity contribution in [2.75, 3.05) is 23.5 Å². The number of ether oxygens (including phenoxy) is 1. The first-order valence-corrected chi connectivity index (χ1v) is 13.1. The molecule has 1 aliphatic carbocycles. The van der Waals surface area contributed by atoms with Crippen molar-refractivity contribution in [2.45, 2.75) is 25.7 Å². The number of fused-ring (bicyclic) bond motifs is 1. The van der Waals surface area contributed by atoms with Gasteiger partial charge in [-0.15, -0.1) is 0 Å². The van der Waals surface area contributed by atoms with Crippen LogP contribution in [0.2, 0.25) is 0 Å². The molecule has 9 heteroatoms. The van der Waals surface area contributed by atoms with Crippen molar-refractivity contribution in [1.29, 1.82) is 5.26 Å². The zero-order chi connectivity index (χ0) is 28.4. The minimum absolute atomic E-state index is 0.00476. The first-order chi connectivity index (χ1) is 19.4. The number of rotatable bonds is 7. The molecule has 0 spiro atoms. The van der Waals surface area contributed by atoms with Crippen LogP contribution < -0.4 is 21.1 Å². The summed E-state index contributed by atoms with van der Waals surface area (Å²) in [5.41, 5.74) is 11.9. The summed E-state index contributed by atoms with van der Waals surface area (Å²) in [5, 5.41) is 16.3. The molecule has 40 heavy (non-hydrogen) atoms. The number of pyridine rings is 1. The van der Waals surface area contributed by atoms with Gasteiger partial charge in [0.2, 0.25) is 11.8 Å². The van der Waals surface area contributed by atoms with Gasteiger partial charge in [0.25, 0.3) is 0 Å². The lowest BCUT2D eigenvalue weighted by Gasteiger charge is -2.15. The fourth-order valence-corrected chi connectivity index (χ4v) is 5.49. The number of nitrogens with two attached hydrogens (primary N) is 1. The monoisotopic (exact) mass is 534 g/mol. The molecule has 2 amide bonds. The topological polar surface area (TPSA) is 135 Å². The molecule has 1 saturated carbocycles. The molecule has 9 nitrogen and oxygen atoms in total. The normalized spacial score (nSPS) is 13.1. The quantitative estimate of drug-likeness (QED) is 0.263. The second-order valence-corrected chi connectivity index (χ2v) is 9.83. The van der Waals surface area contributed by atoms with E-state index < -0.39 is 0 Å². The molecule has 0 unspecified atom stereocenters. The Morgan fingerprint density at radius 3 is 2.50 bits per heavy atom. The molecular formula is C31H30N6O3. The number of benzene rings is 2. The lowest BCUT2D eigenvalue weighted by atomic mass is 9.97. The van der Waals surface area contributed by atoms with Gasteiger partial charge in [-0.25, -0.2) is 4.98 Å². The van der Waals surface area contributed by atoms with Gasteiger partial charge in [-0.2, -0.15) is 5.26 Å². The largest absolute Gasteiger partial charge is 0.495 e. The van der Waals surface area contributed by atoms with E-state index in [-0.39, 0.29) is 17.7 Å². The van der Waals surface area contributed by atoms with E-state index in [4.69, 9.17) is 10.5 Å². The van der Waals surface area contributed by atoms with Crippen LogP contribution in [0.25, 0.3) is 33.3 Å². The van der Waals surface area contributed by atoms with Crippen LogP contribution in [-0.2, 0) is 16.6 Å². The molecule has 0 radical (unpaired) electrons. The van der Waals surface area contributed by atoms with Gasteiger partial charge in [-0.3, -0.25) is 9.59 Å². The zero-order valence-corrected chi connectivity index (χ0v) is 22.5. The fraction of sp³-hybridized carbons (Fsp3) is 0.226. The molecule has 4 aromatic rings.